The Kier molecular flexibility index (Phi) is 2.92. The van der Waals surface area contributed by atoms with Gasteiger partial charge in [0.2, 0.25) is 0 Å². The van der Waals surface area contributed by atoms with Crippen LogP contribution in [0.4, 0.5) is 5.82 Å². The normalized spacial score (nSPS) is 14.5. The van der Waals surface area contributed by atoms with Crippen LogP contribution in [0.15, 0.2) is 30.5 Å². The van der Waals surface area contributed by atoms with Crippen molar-refractivity contribution >= 4 is 5.82 Å². The van der Waals surface area contributed by atoms with E-state index in [1.807, 2.05) is 18.2 Å². The third-order valence-corrected chi connectivity index (χ3v) is 2.99. The van der Waals surface area contributed by atoms with Gasteiger partial charge in [0.1, 0.15) is 11.5 Å². The van der Waals surface area contributed by atoms with E-state index in [0.717, 1.165) is 29.6 Å². The highest BCUT2D eigenvalue weighted by molar-refractivity contribution is 5.53. The second kappa shape index (κ2) is 4.72. The Morgan fingerprint density at radius 1 is 1.28 bits per heavy atom. The molecule has 0 amide bonds. The molecule has 1 aliphatic carbocycles. The van der Waals surface area contributed by atoms with Crippen LogP contribution in [0.2, 0.25) is 0 Å². The average molecular weight is 240 g/mol. The third kappa shape index (κ3) is 2.32. The fraction of sp³-hybridized carbons (Fsp3) is 0.357. The van der Waals surface area contributed by atoms with Crippen molar-refractivity contribution in [1.29, 1.82) is 0 Å². The average Bonchev–Trinajstić information content (AvgIpc) is 3.24. The standard InChI is InChI=1S/C14H16N4/c1-2-15-13-9-12(10-6-7-10)17-14(18-13)11-5-3-4-8-16-11/h3-5,8-10H,2,6-7H2,1H3,(H,15,17,18). The van der Waals surface area contributed by atoms with Gasteiger partial charge in [-0.2, -0.15) is 0 Å². The lowest BCUT2D eigenvalue weighted by atomic mass is 10.2. The van der Waals surface area contributed by atoms with Gasteiger partial charge in [-0.1, -0.05) is 6.07 Å². The summed E-state index contributed by atoms with van der Waals surface area (Å²) in [5.41, 5.74) is 1.97. The zero-order chi connectivity index (χ0) is 12.4. The van der Waals surface area contributed by atoms with E-state index in [-0.39, 0.29) is 0 Å². The molecule has 1 saturated carbocycles. The highest BCUT2D eigenvalue weighted by Crippen LogP contribution is 2.40. The van der Waals surface area contributed by atoms with E-state index < -0.39 is 0 Å². The van der Waals surface area contributed by atoms with Gasteiger partial charge in [0.15, 0.2) is 5.82 Å². The first-order valence-electron chi connectivity index (χ1n) is 6.41. The molecule has 0 atom stereocenters. The summed E-state index contributed by atoms with van der Waals surface area (Å²) in [5, 5.41) is 3.26. The summed E-state index contributed by atoms with van der Waals surface area (Å²) in [6, 6.07) is 7.87. The van der Waals surface area contributed by atoms with Crippen molar-refractivity contribution in [3.63, 3.8) is 0 Å². The number of hydrogen-bond donors (Lipinski definition) is 1. The number of rotatable bonds is 4. The molecule has 2 aromatic rings. The molecule has 0 aromatic carbocycles. The van der Waals surface area contributed by atoms with Gasteiger partial charge >= 0.3 is 0 Å². The molecule has 1 fully saturated rings. The second-order valence-electron chi connectivity index (χ2n) is 4.52. The second-order valence-corrected chi connectivity index (χ2v) is 4.52. The molecule has 3 rings (SSSR count). The zero-order valence-corrected chi connectivity index (χ0v) is 10.4. The van der Waals surface area contributed by atoms with E-state index >= 15 is 0 Å². The highest BCUT2D eigenvalue weighted by atomic mass is 15.0. The lowest BCUT2D eigenvalue weighted by Gasteiger charge is -2.07. The molecule has 0 radical (unpaired) electrons. The Morgan fingerprint density at radius 2 is 2.17 bits per heavy atom. The van der Waals surface area contributed by atoms with E-state index in [1.165, 1.54) is 12.8 Å². The Morgan fingerprint density at radius 3 is 2.83 bits per heavy atom. The van der Waals surface area contributed by atoms with Gasteiger partial charge in [0.25, 0.3) is 0 Å². The summed E-state index contributed by atoms with van der Waals surface area (Å²) >= 11 is 0. The molecule has 1 aliphatic rings. The summed E-state index contributed by atoms with van der Waals surface area (Å²) in [5.74, 6) is 2.24. The van der Waals surface area contributed by atoms with Crippen molar-refractivity contribution in [2.24, 2.45) is 0 Å². The van der Waals surface area contributed by atoms with E-state index in [1.54, 1.807) is 6.20 Å². The van der Waals surface area contributed by atoms with Gasteiger partial charge in [-0.05, 0) is 31.9 Å². The maximum absolute atomic E-state index is 4.63. The largest absolute Gasteiger partial charge is 0.370 e. The van der Waals surface area contributed by atoms with Crippen molar-refractivity contribution in [2.45, 2.75) is 25.7 Å². The summed E-state index contributed by atoms with van der Waals surface area (Å²) < 4.78 is 0. The zero-order valence-electron chi connectivity index (χ0n) is 10.4. The van der Waals surface area contributed by atoms with Gasteiger partial charge < -0.3 is 5.32 Å². The fourth-order valence-corrected chi connectivity index (χ4v) is 1.94. The molecular formula is C14H16N4. The van der Waals surface area contributed by atoms with Gasteiger partial charge in [-0.15, -0.1) is 0 Å². The predicted octanol–water partition coefficient (Wildman–Crippen LogP) is 2.85. The maximum Gasteiger partial charge on any atom is 0.180 e. The molecule has 1 N–H and O–H groups in total. The monoisotopic (exact) mass is 240 g/mol. The van der Waals surface area contributed by atoms with Crippen LogP contribution in [0, 0.1) is 0 Å². The van der Waals surface area contributed by atoms with Crippen LogP contribution in [0.5, 0.6) is 0 Å². The lowest BCUT2D eigenvalue weighted by Crippen LogP contribution is -2.04. The molecule has 0 spiro atoms. The first-order valence-corrected chi connectivity index (χ1v) is 6.41. The molecule has 2 heterocycles. The number of nitrogens with zero attached hydrogens (tertiary/aromatic N) is 3. The smallest absolute Gasteiger partial charge is 0.180 e. The lowest BCUT2D eigenvalue weighted by molar-refractivity contribution is 0.982. The van der Waals surface area contributed by atoms with Crippen LogP contribution in [0.25, 0.3) is 11.5 Å². The van der Waals surface area contributed by atoms with Crippen molar-refractivity contribution < 1.29 is 0 Å². The molecule has 0 aliphatic heterocycles. The summed E-state index contributed by atoms with van der Waals surface area (Å²) in [6.07, 6.45) is 4.25. The van der Waals surface area contributed by atoms with Gasteiger partial charge in [-0.3, -0.25) is 4.98 Å². The van der Waals surface area contributed by atoms with Crippen LogP contribution in [0.3, 0.4) is 0 Å². The Bertz CT molecular complexity index is 535. The summed E-state index contributed by atoms with van der Waals surface area (Å²) in [4.78, 5) is 13.5. The Balaban J connectivity index is 2.02. The van der Waals surface area contributed by atoms with E-state index in [0.29, 0.717) is 5.92 Å². The van der Waals surface area contributed by atoms with Crippen molar-refractivity contribution in [2.75, 3.05) is 11.9 Å². The topological polar surface area (TPSA) is 50.7 Å². The fourth-order valence-electron chi connectivity index (χ4n) is 1.94. The molecule has 2 aromatic heterocycles. The minimum atomic E-state index is 0.618. The molecule has 18 heavy (non-hydrogen) atoms. The number of anilines is 1. The first-order chi connectivity index (χ1) is 8.86. The minimum Gasteiger partial charge on any atom is -0.370 e. The van der Waals surface area contributed by atoms with Crippen molar-refractivity contribution in [3.05, 3.63) is 36.2 Å². The first kappa shape index (κ1) is 11.1. The van der Waals surface area contributed by atoms with Crippen molar-refractivity contribution in [3.8, 4) is 11.5 Å². The van der Waals surface area contributed by atoms with Crippen LogP contribution >= 0.6 is 0 Å². The number of pyridine rings is 1. The highest BCUT2D eigenvalue weighted by Gasteiger charge is 2.26. The van der Waals surface area contributed by atoms with E-state index in [4.69, 9.17) is 0 Å². The van der Waals surface area contributed by atoms with Crippen molar-refractivity contribution in [1.82, 2.24) is 15.0 Å². The summed E-state index contributed by atoms with van der Waals surface area (Å²) in [7, 11) is 0. The molecule has 0 bridgehead atoms. The Hall–Kier alpha value is -1.97. The van der Waals surface area contributed by atoms with Crippen LogP contribution in [-0.2, 0) is 0 Å². The third-order valence-electron chi connectivity index (χ3n) is 2.99. The van der Waals surface area contributed by atoms with E-state index in [9.17, 15) is 0 Å². The van der Waals surface area contributed by atoms with Gasteiger partial charge in [0, 0.05) is 30.4 Å². The quantitative estimate of drug-likeness (QED) is 0.892. The number of nitrogens with one attached hydrogen (secondary N) is 1. The number of aromatic nitrogens is 3. The van der Waals surface area contributed by atoms with Gasteiger partial charge in [0.05, 0.1) is 0 Å². The molecule has 92 valence electrons. The van der Waals surface area contributed by atoms with Crippen LogP contribution < -0.4 is 5.32 Å². The Labute approximate surface area is 107 Å². The van der Waals surface area contributed by atoms with Crippen LogP contribution in [0.1, 0.15) is 31.4 Å². The number of hydrogen-bond acceptors (Lipinski definition) is 4. The molecular weight excluding hydrogens is 224 g/mol. The SMILES string of the molecule is CCNc1cc(C2CC2)nc(-c2ccccn2)n1. The van der Waals surface area contributed by atoms with Gasteiger partial charge in [-0.25, -0.2) is 9.97 Å². The molecule has 0 unspecified atom stereocenters. The van der Waals surface area contributed by atoms with Crippen LogP contribution in [-0.4, -0.2) is 21.5 Å². The van der Waals surface area contributed by atoms with E-state index in [2.05, 4.69) is 33.3 Å². The molecule has 4 nitrogen and oxygen atoms in total. The molecule has 0 saturated heterocycles. The minimum absolute atomic E-state index is 0.618. The predicted molar refractivity (Wildman–Crippen MR) is 71.4 cm³/mol. The maximum atomic E-state index is 4.63. The molecule has 4 heteroatoms. The summed E-state index contributed by atoms with van der Waals surface area (Å²) in [6.45, 7) is 2.93.